The molecule has 8 heteroatoms. The lowest BCUT2D eigenvalue weighted by Crippen LogP contribution is -2.24. The average Bonchev–Trinajstić information content (AvgIpc) is 3.12. The molecular formula is C20H28Cl2N6. The van der Waals surface area contributed by atoms with E-state index in [2.05, 4.69) is 50.5 Å². The molecule has 0 spiro atoms. The fourth-order valence-corrected chi connectivity index (χ4v) is 3.35. The van der Waals surface area contributed by atoms with Crippen LogP contribution in [0, 0.1) is 0 Å². The third-order valence-corrected chi connectivity index (χ3v) is 5.18. The zero-order chi connectivity index (χ0) is 19.2. The van der Waals surface area contributed by atoms with E-state index in [0.29, 0.717) is 16.9 Å². The topological polar surface area (TPSA) is 58.9 Å². The van der Waals surface area contributed by atoms with Crippen molar-refractivity contribution in [3.63, 3.8) is 0 Å². The summed E-state index contributed by atoms with van der Waals surface area (Å²) in [5.41, 5.74) is 2.56. The summed E-state index contributed by atoms with van der Waals surface area (Å²) in [6.07, 6.45) is 5.70. The molecule has 0 bridgehead atoms. The highest BCUT2D eigenvalue weighted by atomic mass is 35.5. The summed E-state index contributed by atoms with van der Waals surface area (Å²) in [5, 5.41) is 4.01. The standard InChI is InChI=1S/C20H27ClN6.ClH/c1-4-26(5-2)12-6-7-15(3)27-14-24-18-19(22-13-23-20(18)27)25-17-10-8-16(21)9-11-17;/h8-11,13-15H,4-7,12H2,1-3H3,(H,22,23,25);1H. The summed E-state index contributed by atoms with van der Waals surface area (Å²) in [4.78, 5) is 15.9. The Morgan fingerprint density at radius 2 is 1.82 bits per heavy atom. The van der Waals surface area contributed by atoms with Crippen LogP contribution in [0.4, 0.5) is 11.5 Å². The van der Waals surface area contributed by atoms with Crippen molar-refractivity contribution in [2.24, 2.45) is 0 Å². The minimum Gasteiger partial charge on any atom is -0.338 e. The van der Waals surface area contributed by atoms with Gasteiger partial charge in [-0.25, -0.2) is 15.0 Å². The van der Waals surface area contributed by atoms with Crippen molar-refractivity contribution < 1.29 is 0 Å². The summed E-state index contributed by atoms with van der Waals surface area (Å²) in [6, 6.07) is 7.87. The molecule has 2 heterocycles. The van der Waals surface area contributed by atoms with Crippen molar-refractivity contribution in [3.8, 4) is 0 Å². The van der Waals surface area contributed by atoms with Gasteiger partial charge in [-0.1, -0.05) is 25.4 Å². The monoisotopic (exact) mass is 422 g/mol. The third kappa shape index (κ3) is 5.34. The smallest absolute Gasteiger partial charge is 0.165 e. The summed E-state index contributed by atoms with van der Waals surface area (Å²) < 4.78 is 2.15. The quantitative estimate of drug-likeness (QED) is 0.504. The van der Waals surface area contributed by atoms with Crippen LogP contribution in [0.5, 0.6) is 0 Å². The van der Waals surface area contributed by atoms with Gasteiger partial charge in [-0.05, 0) is 63.7 Å². The Morgan fingerprint density at radius 1 is 1.11 bits per heavy atom. The molecule has 0 amide bonds. The molecule has 1 atom stereocenters. The van der Waals surface area contributed by atoms with Crippen molar-refractivity contribution in [2.75, 3.05) is 25.0 Å². The molecule has 0 aliphatic carbocycles. The first-order valence-corrected chi connectivity index (χ1v) is 9.92. The van der Waals surface area contributed by atoms with E-state index in [0.717, 1.165) is 49.3 Å². The molecule has 0 saturated carbocycles. The van der Waals surface area contributed by atoms with E-state index < -0.39 is 0 Å². The Morgan fingerprint density at radius 3 is 2.50 bits per heavy atom. The number of aromatic nitrogens is 4. The number of benzene rings is 1. The van der Waals surface area contributed by atoms with Gasteiger partial charge in [0.05, 0.1) is 6.33 Å². The highest BCUT2D eigenvalue weighted by molar-refractivity contribution is 6.30. The lowest BCUT2D eigenvalue weighted by Gasteiger charge is -2.20. The minimum atomic E-state index is 0. The fraction of sp³-hybridized carbons (Fsp3) is 0.450. The summed E-state index contributed by atoms with van der Waals surface area (Å²) in [5.74, 6) is 0.705. The second-order valence-corrected chi connectivity index (χ2v) is 7.13. The fourth-order valence-electron chi connectivity index (χ4n) is 3.23. The Balaban J connectivity index is 0.00000280. The van der Waals surface area contributed by atoms with Gasteiger partial charge in [0.15, 0.2) is 17.0 Å². The number of fused-ring (bicyclic) bond motifs is 1. The Hall–Kier alpha value is -1.89. The van der Waals surface area contributed by atoms with E-state index in [9.17, 15) is 0 Å². The molecule has 0 aliphatic rings. The highest BCUT2D eigenvalue weighted by Gasteiger charge is 2.14. The van der Waals surface area contributed by atoms with Crippen LogP contribution in [0.2, 0.25) is 5.02 Å². The minimum absolute atomic E-state index is 0. The molecule has 2 aromatic heterocycles. The maximum absolute atomic E-state index is 5.96. The largest absolute Gasteiger partial charge is 0.338 e. The van der Waals surface area contributed by atoms with Crippen LogP contribution in [-0.2, 0) is 0 Å². The molecule has 1 aromatic carbocycles. The maximum Gasteiger partial charge on any atom is 0.165 e. The number of nitrogens with zero attached hydrogens (tertiary/aromatic N) is 5. The van der Waals surface area contributed by atoms with E-state index in [4.69, 9.17) is 11.6 Å². The van der Waals surface area contributed by atoms with Gasteiger partial charge >= 0.3 is 0 Å². The Labute approximate surface area is 177 Å². The van der Waals surface area contributed by atoms with Gasteiger partial charge in [-0.15, -0.1) is 12.4 Å². The lowest BCUT2D eigenvalue weighted by molar-refractivity contribution is 0.288. The van der Waals surface area contributed by atoms with Gasteiger partial charge in [0.1, 0.15) is 6.33 Å². The summed E-state index contributed by atoms with van der Waals surface area (Å²) in [6.45, 7) is 9.97. The molecule has 1 N–H and O–H groups in total. The molecule has 0 fully saturated rings. The van der Waals surface area contributed by atoms with Crippen LogP contribution in [-0.4, -0.2) is 44.1 Å². The normalized spacial score (nSPS) is 12.2. The molecule has 0 radical (unpaired) electrons. The molecule has 6 nitrogen and oxygen atoms in total. The number of halogens is 2. The lowest BCUT2D eigenvalue weighted by atomic mass is 10.1. The van der Waals surface area contributed by atoms with Gasteiger partial charge in [0, 0.05) is 16.8 Å². The number of imidazole rings is 1. The molecule has 1 unspecified atom stereocenters. The van der Waals surface area contributed by atoms with Crippen LogP contribution in [0.15, 0.2) is 36.9 Å². The van der Waals surface area contributed by atoms with Crippen molar-refractivity contribution in [3.05, 3.63) is 41.9 Å². The predicted molar refractivity (Wildman–Crippen MR) is 119 cm³/mol. The number of nitrogens with one attached hydrogen (secondary N) is 1. The number of anilines is 2. The van der Waals surface area contributed by atoms with Crippen LogP contribution in [0.3, 0.4) is 0 Å². The Bertz CT molecular complexity index is 861. The van der Waals surface area contributed by atoms with Crippen molar-refractivity contribution in [1.82, 2.24) is 24.4 Å². The summed E-state index contributed by atoms with van der Waals surface area (Å²) >= 11 is 5.96. The van der Waals surface area contributed by atoms with Crippen LogP contribution in [0.25, 0.3) is 11.2 Å². The van der Waals surface area contributed by atoms with Crippen molar-refractivity contribution in [2.45, 2.75) is 39.7 Å². The first kappa shape index (κ1) is 22.4. The van der Waals surface area contributed by atoms with Gasteiger partial charge in [0.25, 0.3) is 0 Å². The second-order valence-electron chi connectivity index (χ2n) is 6.70. The number of hydrogen-bond donors (Lipinski definition) is 1. The van der Waals surface area contributed by atoms with Gasteiger partial charge in [-0.3, -0.25) is 0 Å². The van der Waals surface area contributed by atoms with Crippen molar-refractivity contribution in [1.29, 1.82) is 0 Å². The molecule has 152 valence electrons. The molecule has 28 heavy (non-hydrogen) atoms. The molecular weight excluding hydrogens is 395 g/mol. The Kier molecular flexibility index (Phi) is 8.48. The van der Waals surface area contributed by atoms with Crippen molar-refractivity contribution >= 4 is 46.7 Å². The molecule has 0 aliphatic heterocycles. The number of hydrogen-bond acceptors (Lipinski definition) is 5. The zero-order valence-corrected chi connectivity index (χ0v) is 18.2. The molecule has 0 saturated heterocycles. The maximum atomic E-state index is 5.96. The molecule has 3 aromatic rings. The van der Waals surface area contributed by atoms with E-state index >= 15 is 0 Å². The van der Waals surface area contributed by atoms with Gasteiger partial charge in [0.2, 0.25) is 0 Å². The first-order valence-electron chi connectivity index (χ1n) is 9.54. The second kappa shape index (κ2) is 10.6. The number of rotatable bonds is 9. The average molecular weight is 423 g/mol. The van der Waals surface area contributed by atoms with E-state index in [1.807, 2.05) is 30.6 Å². The summed E-state index contributed by atoms with van der Waals surface area (Å²) in [7, 11) is 0. The third-order valence-electron chi connectivity index (χ3n) is 4.93. The van der Waals surface area contributed by atoms with E-state index in [1.54, 1.807) is 6.33 Å². The first-order chi connectivity index (χ1) is 13.1. The predicted octanol–water partition coefficient (Wildman–Crippen LogP) is 5.33. The van der Waals surface area contributed by atoms with Gasteiger partial charge in [-0.2, -0.15) is 0 Å². The SMILES string of the molecule is CCN(CC)CCCC(C)n1cnc2c(Nc3ccc(Cl)cc3)ncnc21.Cl. The molecule has 3 rings (SSSR count). The van der Waals surface area contributed by atoms with Crippen LogP contribution in [0.1, 0.15) is 39.7 Å². The van der Waals surface area contributed by atoms with Gasteiger partial charge < -0.3 is 14.8 Å². The zero-order valence-electron chi connectivity index (χ0n) is 16.6. The highest BCUT2D eigenvalue weighted by Crippen LogP contribution is 2.25. The van der Waals surface area contributed by atoms with Crippen LogP contribution >= 0.6 is 24.0 Å². The van der Waals surface area contributed by atoms with Crippen LogP contribution < -0.4 is 5.32 Å². The van der Waals surface area contributed by atoms with E-state index in [-0.39, 0.29) is 12.4 Å². The van der Waals surface area contributed by atoms with E-state index in [1.165, 1.54) is 0 Å².